The normalized spacial score (nSPS) is 15.9. The van der Waals surface area contributed by atoms with Crippen LogP contribution in [0.1, 0.15) is 30.3 Å². The van der Waals surface area contributed by atoms with Crippen LogP contribution in [0.3, 0.4) is 0 Å². The van der Waals surface area contributed by atoms with Gasteiger partial charge in [0, 0.05) is 12.1 Å². The number of benzene rings is 2. The molecule has 9 heteroatoms. The van der Waals surface area contributed by atoms with Gasteiger partial charge in [-0.1, -0.05) is 30.3 Å². The maximum Gasteiger partial charge on any atom is 0.433 e. The summed E-state index contributed by atoms with van der Waals surface area (Å²) >= 11 is 0. The number of hydrogen-bond acceptors (Lipinski definition) is 6. The molecule has 162 valence electrons. The average Bonchev–Trinajstić information content (AvgIpc) is 3.56. The first-order chi connectivity index (χ1) is 15.6. The molecule has 2 aromatic carbocycles. The van der Waals surface area contributed by atoms with Crippen LogP contribution in [-0.2, 0) is 11.3 Å². The number of imidazole rings is 1. The lowest BCUT2D eigenvalue weighted by Crippen LogP contribution is -2.31. The van der Waals surface area contributed by atoms with Gasteiger partial charge >= 0.3 is 12.0 Å². The smallest absolute Gasteiger partial charge is 0.433 e. The Labute approximate surface area is 182 Å². The van der Waals surface area contributed by atoms with Gasteiger partial charge in [-0.25, -0.2) is 9.78 Å². The van der Waals surface area contributed by atoms with Gasteiger partial charge in [-0.2, -0.15) is 0 Å². The Morgan fingerprint density at radius 1 is 1.22 bits per heavy atom. The first-order valence-corrected chi connectivity index (χ1v) is 10.3. The molecule has 0 saturated carbocycles. The highest BCUT2D eigenvalue weighted by Crippen LogP contribution is 2.33. The summed E-state index contributed by atoms with van der Waals surface area (Å²) in [6.07, 6.45) is 1.29. The van der Waals surface area contributed by atoms with Crippen molar-refractivity contribution < 1.29 is 18.9 Å². The van der Waals surface area contributed by atoms with E-state index in [0.717, 1.165) is 29.4 Å². The van der Waals surface area contributed by atoms with Crippen LogP contribution < -0.4 is 0 Å². The number of likely N-dealkylation sites (tertiary alicyclic amines) is 1. The molecule has 1 amide bonds. The molecule has 9 nitrogen and oxygen atoms in total. The van der Waals surface area contributed by atoms with E-state index in [1.54, 1.807) is 17.0 Å². The van der Waals surface area contributed by atoms with Crippen molar-refractivity contribution in [2.45, 2.75) is 25.5 Å². The van der Waals surface area contributed by atoms with Gasteiger partial charge in [0.05, 0.1) is 23.1 Å². The zero-order chi connectivity index (χ0) is 22.1. The summed E-state index contributed by atoms with van der Waals surface area (Å²) in [5.74, 6) is 0.791. The van der Waals surface area contributed by atoms with Gasteiger partial charge in [0.25, 0.3) is 0 Å². The van der Waals surface area contributed by atoms with Crippen LogP contribution in [0.2, 0.25) is 0 Å². The van der Waals surface area contributed by atoms with Gasteiger partial charge in [0.1, 0.15) is 23.1 Å². The van der Waals surface area contributed by atoms with Gasteiger partial charge in [-0.3, -0.25) is 15.0 Å². The zero-order valence-electron chi connectivity index (χ0n) is 17.1. The minimum absolute atomic E-state index is 0.196. The zero-order valence-corrected chi connectivity index (χ0v) is 17.1. The second-order valence-corrected chi connectivity index (χ2v) is 7.64. The number of ether oxygens (including phenoxy) is 1. The van der Waals surface area contributed by atoms with E-state index < -0.39 is 4.92 Å². The van der Waals surface area contributed by atoms with Crippen molar-refractivity contribution in [1.82, 2.24) is 14.9 Å². The van der Waals surface area contributed by atoms with Crippen LogP contribution in [0.5, 0.6) is 0 Å². The summed E-state index contributed by atoms with van der Waals surface area (Å²) in [5, 5.41) is 10.9. The van der Waals surface area contributed by atoms with E-state index in [1.807, 2.05) is 42.5 Å². The molecule has 1 fully saturated rings. The Balaban J connectivity index is 1.35. The average molecular weight is 432 g/mol. The Morgan fingerprint density at radius 3 is 2.84 bits per heavy atom. The van der Waals surface area contributed by atoms with Crippen LogP contribution in [0, 0.1) is 10.1 Å². The van der Waals surface area contributed by atoms with E-state index in [1.165, 1.54) is 6.07 Å². The molecule has 1 aliphatic rings. The van der Waals surface area contributed by atoms with E-state index in [2.05, 4.69) is 9.97 Å². The molecular weight excluding hydrogens is 412 g/mol. The number of nitro groups is 1. The number of nitrogens with one attached hydrogen (secondary N) is 1. The van der Waals surface area contributed by atoms with E-state index in [0.29, 0.717) is 23.7 Å². The number of hydrogen-bond donors (Lipinski definition) is 1. The van der Waals surface area contributed by atoms with Crippen molar-refractivity contribution in [3.63, 3.8) is 0 Å². The topological polar surface area (TPSA) is 114 Å². The minimum Gasteiger partial charge on any atom is -0.445 e. The maximum atomic E-state index is 12.7. The number of rotatable bonds is 5. The van der Waals surface area contributed by atoms with Crippen molar-refractivity contribution in [3.8, 4) is 11.3 Å². The Morgan fingerprint density at radius 2 is 2.06 bits per heavy atom. The third kappa shape index (κ3) is 3.80. The van der Waals surface area contributed by atoms with Gasteiger partial charge in [0.2, 0.25) is 0 Å². The Bertz CT molecular complexity index is 1280. The monoisotopic (exact) mass is 432 g/mol. The highest BCUT2D eigenvalue weighted by Gasteiger charge is 2.33. The van der Waals surface area contributed by atoms with E-state index in [4.69, 9.17) is 9.15 Å². The molecule has 1 N–H and O–H groups in total. The van der Waals surface area contributed by atoms with Crippen LogP contribution in [0.25, 0.3) is 22.4 Å². The SMILES string of the molecule is O=C(OCc1ccccc1)N1CCCC1c1nc2ccc(-c3ccc([N+](=O)[O-])o3)cc2[nH]1. The molecular formula is C23H20N4O5. The molecule has 0 radical (unpaired) electrons. The third-order valence-electron chi connectivity index (χ3n) is 5.56. The lowest BCUT2D eigenvalue weighted by atomic mass is 10.1. The molecule has 1 atom stereocenters. The number of furan rings is 1. The minimum atomic E-state index is -0.568. The Hall–Kier alpha value is -4.14. The molecule has 1 saturated heterocycles. The number of nitrogens with zero attached hydrogens (tertiary/aromatic N) is 3. The summed E-state index contributed by atoms with van der Waals surface area (Å²) in [6.45, 7) is 0.832. The molecule has 1 aliphatic heterocycles. The highest BCUT2D eigenvalue weighted by molar-refractivity contribution is 5.81. The lowest BCUT2D eigenvalue weighted by molar-refractivity contribution is -0.401. The largest absolute Gasteiger partial charge is 0.445 e. The number of carbonyl (C=O) groups is 1. The number of aromatic nitrogens is 2. The highest BCUT2D eigenvalue weighted by atomic mass is 16.6. The predicted molar refractivity (Wildman–Crippen MR) is 116 cm³/mol. The fraction of sp³-hybridized carbons (Fsp3) is 0.217. The van der Waals surface area contributed by atoms with Crippen molar-refractivity contribution in [2.24, 2.45) is 0 Å². The molecule has 0 bridgehead atoms. The number of carbonyl (C=O) groups excluding carboxylic acids is 1. The number of H-pyrrole nitrogens is 1. The molecule has 32 heavy (non-hydrogen) atoms. The molecule has 2 aromatic heterocycles. The molecule has 3 heterocycles. The lowest BCUT2D eigenvalue weighted by Gasteiger charge is -2.22. The summed E-state index contributed by atoms with van der Waals surface area (Å²) in [7, 11) is 0. The first-order valence-electron chi connectivity index (χ1n) is 10.3. The molecule has 0 aliphatic carbocycles. The van der Waals surface area contributed by atoms with Crippen LogP contribution in [-0.4, -0.2) is 32.4 Å². The fourth-order valence-electron chi connectivity index (χ4n) is 3.99. The van der Waals surface area contributed by atoms with Crippen molar-refractivity contribution >= 4 is 23.0 Å². The summed E-state index contributed by atoms with van der Waals surface area (Å²) < 4.78 is 10.8. The van der Waals surface area contributed by atoms with Crippen molar-refractivity contribution in [1.29, 1.82) is 0 Å². The molecule has 4 aromatic rings. The predicted octanol–water partition coefficient (Wildman–Crippen LogP) is 5.20. The molecule has 1 unspecified atom stereocenters. The quantitative estimate of drug-likeness (QED) is 0.342. The number of aromatic amines is 1. The number of amides is 1. The van der Waals surface area contributed by atoms with Crippen LogP contribution >= 0.6 is 0 Å². The molecule has 0 spiro atoms. The van der Waals surface area contributed by atoms with Gasteiger partial charge < -0.3 is 14.1 Å². The summed E-state index contributed by atoms with van der Waals surface area (Å²) in [4.78, 5) is 32.7. The van der Waals surface area contributed by atoms with Gasteiger partial charge in [0.15, 0.2) is 0 Å². The van der Waals surface area contributed by atoms with E-state index in [-0.39, 0.29) is 24.6 Å². The summed E-state index contributed by atoms with van der Waals surface area (Å²) in [6, 6.07) is 17.7. The van der Waals surface area contributed by atoms with Crippen LogP contribution in [0.15, 0.2) is 65.1 Å². The standard InChI is InChI=1S/C23H20N4O5/c28-23(31-14-15-5-2-1-3-6-15)26-12-4-7-19(26)22-24-17-9-8-16(13-18(17)25-22)20-10-11-21(32-20)27(29)30/h1-3,5-6,8-11,13,19H,4,7,12,14H2,(H,24,25). The second kappa shape index (κ2) is 8.18. The second-order valence-electron chi connectivity index (χ2n) is 7.64. The van der Waals surface area contributed by atoms with E-state index >= 15 is 0 Å². The number of fused-ring (bicyclic) bond motifs is 1. The summed E-state index contributed by atoms with van der Waals surface area (Å²) in [5.41, 5.74) is 3.15. The van der Waals surface area contributed by atoms with Crippen molar-refractivity contribution in [3.05, 3.63) is 82.2 Å². The molecule has 5 rings (SSSR count). The Kier molecular flexibility index (Phi) is 5.06. The van der Waals surface area contributed by atoms with Gasteiger partial charge in [-0.15, -0.1) is 0 Å². The van der Waals surface area contributed by atoms with Crippen molar-refractivity contribution in [2.75, 3.05) is 6.54 Å². The maximum absolute atomic E-state index is 12.7. The van der Waals surface area contributed by atoms with Gasteiger partial charge in [-0.05, 0) is 42.7 Å². The fourth-order valence-corrected chi connectivity index (χ4v) is 3.99. The van der Waals surface area contributed by atoms with E-state index in [9.17, 15) is 14.9 Å². The van der Waals surface area contributed by atoms with Crippen LogP contribution in [0.4, 0.5) is 10.7 Å². The first kappa shape index (κ1) is 19.8. The third-order valence-corrected chi connectivity index (χ3v) is 5.56.